The van der Waals surface area contributed by atoms with E-state index in [-0.39, 0.29) is 6.04 Å². The summed E-state index contributed by atoms with van der Waals surface area (Å²) in [5.41, 5.74) is 11.2. The standard InChI is InChI=1S/C13H16N2OS/c1-9-3-4-13(16-2)10(5-9)6-11(14)12-7-17-8-15-12/h3-5,7-8,11H,6,14H2,1-2H3. The summed E-state index contributed by atoms with van der Waals surface area (Å²) in [6.45, 7) is 2.07. The van der Waals surface area contributed by atoms with Crippen LogP contribution in [0.2, 0.25) is 0 Å². The van der Waals surface area contributed by atoms with Crippen molar-refractivity contribution in [3.05, 3.63) is 45.9 Å². The second-order valence-electron chi connectivity index (χ2n) is 4.04. The van der Waals surface area contributed by atoms with Crippen LogP contribution < -0.4 is 10.5 Å². The van der Waals surface area contributed by atoms with E-state index < -0.39 is 0 Å². The van der Waals surface area contributed by atoms with Crippen LogP contribution in [0, 0.1) is 6.92 Å². The second-order valence-corrected chi connectivity index (χ2v) is 4.76. The zero-order valence-electron chi connectivity index (χ0n) is 10.0. The van der Waals surface area contributed by atoms with Gasteiger partial charge in [0.05, 0.1) is 24.4 Å². The third-order valence-corrected chi connectivity index (χ3v) is 3.31. The number of rotatable bonds is 4. The lowest BCUT2D eigenvalue weighted by Crippen LogP contribution is -2.14. The highest BCUT2D eigenvalue weighted by molar-refractivity contribution is 7.07. The smallest absolute Gasteiger partial charge is 0.122 e. The molecule has 3 nitrogen and oxygen atoms in total. The fraction of sp³-hybridized carbons (Fsp3) is 0.308. The van der Waals surface area contributed by atoms with Gasteiger partial charge in [0, 0.05) is 5.38 Å². The van der Waals surface area contributed by atoms with Crippen molar-refractivity contribution in [2.24, 2.45) is 5.73 Å². The molecular weight excluding hydrogens is 232 g/mol. The average Bonchev–Trinajstić information content (AvgIpc) is 2.83. The van der Waals surface area contributed by atoms with E-state index in [0.717, 1.165) is 23.4 Å². The Morgan fingerprint density at radius 1 is 1.47 bits per heavy atom. The zero-order chi connectivity index (χ0) is 12.3. The lowest BCUT2D eigenvalue weighted by atomic mass is 10.0. The molecule has 2 rings (SSSR count). The fourth-order valence-electron chi connectivity index (χ4n) is 1.81. The lowest BCUT2D eigenvalue weighted by molar-refractivity contribution is 0.408. The van der Waals surface area contributed by atoms with Gasteiger partial charge in [-0.3, -0.25) is 0 Å². The van der Waals surface area contributed by atoms with Crippen LogP contribution in [-0.4, -0.2) is 12.1 Å². The summed E-state index contributed by atoms with van der Waals surface area (Å²) in [5.74, 6) is 0.890. The normalized spacial score (nSPS) is 12.4. The van der Waals surface area contributed by atoms with E-state index in [9.17, 15) is 0 Å². The Balaban J connectivity index is 2.20. The molecule has 0 radical (unpaired) electrons. The van der Waals surface area contributed by atoms with Crippen LogP contribution in [0.4, 0.5) is 0 Å². The third kappa shape index (κ3) is 2.84. The van der Waals surface area contributed by atoms with Crippen molar-refractivity contribution in [3.8, 4) is 5.75 Å². The minimum Gasteiger partial charge on any atom is -0.496 e. The van der Waals surface area contributed by atoms with Crippen LogP contribution in [-0.2, 0) is 6.42 Å². The number of aryl methyl sites for hydroxylation is 1. The van der Waals surface area contributed by atoms with E-state index >= 15 is 0 Å². The number of benzene rings is 1. The summed E-state index contributed by atoms with van der Waals surface area (Å²) in [7, 11) is 1.68. The molecule has 0 saturated carbocycles. The highest BCUT2D eigenvalue weighted by atomic mass is 32.1. The van der Waals surface area contributed by atoms with Crippen molar-refractivity contribution < 1.29 is 4.74 Å². The first kappa shape index (κ1) is 12.1. The van der Waals surface area contributed by atoms with E-state index in [1.807, 2.05) is 23.0 Å². The molecule has 1 unspecified atom stereocenters. The Morgan fingerprint density at radius 2 is 2.29 bits per heavy atom. The van der Waals surface area contributed by atoms with Crippen molar-refractivity contribution in [2.45, 2.75) is 19.4 Å². The topological polar surface area (TPSA) is 48.1 Å². The number of hydrogen-bond donors (Lipinski definition) is 1. The molecule has 2 aromatic rings. The van der Waals surface area contributed by atoms with Gasteiger partial charge in [-0.2, -0.15) is 0 Å². The van der Waals surface area contributed by atoms with Crippen molar-refractivity contribution in [2.75, 3.05) is 7.11 Å². The summed E-state index contributed by atoms with van der Waals surface area (Å²) in [4.78, 5) is 4.24. The largest absolute Gasteiger partial charge is 0.496 e. The molecule has 0 spiro atoms. The maximum absolute atomic E-state index is 6.13. The maximum atomic E-state index is 6.13. The van der Waals surface area contributed by atoms with Gasteiger partial charge in [-0.05, 0) is 25.0 Å². The van der Waals surface area contributed by atoms with Crippen LogP contribution in [0.5, 0.6) is 5.75 Å². The summed E-state index contributed by atoms with van der Waals surface area (Å²) >= 11 is 1.57. The molecule has 4 heteroatoms. The number of hydrogen-bond acceptors (Lipinski definition) is 4. The minimum absolute atomic E-state index is 0.0723. The van der Waals surface area contributed by atoms with Gasteiger partial charge < -0.3 is 10.5 Å². The van der Waals surface area contributed by atoms with Gasteiger partial charge in [-0.1, -0.05) is 17.7 Å². The number of ether oxygens (including phenoxy) is 1. The fourth-order valence-corrected chi connectivity index (χ4v) is 2.43. The third-order valence-electron chi connectivity index (χ3n) is 2.71. The molecular formula is C13H16N2OS. The lowest BCUT2D eigenvalue weighted by Gasteiger charge is -2.13. The summed E-state index contributed by atoms with van der Waals surface area (Å²) < 4.78 is 5.35. The Morgan fingerprint density at radius 3 is 2.94 bits per heavy atom. The van der Waals surface area contributed by atoms with Crippen LogP contribution in [0.15, 0.2) is 29.1 Å². The van der Waals surface area contributed by atoms with E-state index in [1.54, 1.807) is 18.4 Å². The van der Waals surface area contributed by atoms with Crippen LogP contribution >= 0.6 is 11.3 Å². The average molecular weight is 248 g/mol. The van der Waals surface area contributed by atoms with Crippen LogP contribution in [0.1, 0.15) is 22.9 Å². The highest BCUT2D eigenvalue weighted by Gasteiger charge is 2.12. The quantitative estimate of drug-likeness (QED) is 0.905. The van der Waals surface area contributed by atoms with E-state index in [0.29, 0.717) is 0 Å². The molecule has 0 bridgehead atoms. The molecule has 1 atom stereocenters. The van der Waals surface area contributed by atoms with Crippen molar-refractivity contribution in [3.63, 3.8) is 0 Å². The predicted octanol–water partition coefficient (Wildman–Crippen LogP) is 2.70. The molecule has 0 aliphatic heterocycles. The molecule has 1 aromatic heterocycles. The highest BCUT2D eigenvalue weighted by Crippen LogP contribution is 2.24. The van der Waals surface area contributed by atoms with Gasteiger partial charge in [-0.25, -0.2) is 4.98 Å². The van der Waals surface area contributed by atoms with Gasteiger partial charge in [0.2, 0.25) is 0 Å². The Bertz CT molecular complexity index is 482. The van der Waals surface area contributed by atoms with Crippen molar-refractivity contribution in [1.82, 2.24) is 4.98 Å². The van der Waals surface area contributed by atoms with E-state index in [2.05, 4.69) is 18.0 Å². The van der Waals surface area contributed by atoms with E-state index in [1.165, 1.54) is 5.56 Å². The number of aromatic nitrogens is 1. The van der Waals surface area contributed by atoms with Gasteiger partial charge in [0.1, 0.15) is 5.75 Å². The Kier molecular flexibility index (Phi) is 3.76. The molecule has 1 heterocycles. The number of nitrogens with zero attached hydrogens (tertiary/aromatic N) is 1. The summed E-state index contributed by atoms with van der Waals surface area (Å²) in [6.07, 6.45) is 0.745. The molecule has 0 fully saturated rings. The van der Waals surface area contributed by atoms with Gasteiger partial charge in [0.15, 0.2) is 0 Å². The second kappa shape index (κ2) is 5.29. The Labute approximate surface area is 105 Å². The predicted molar refractivity (Wildman–Crippen MR) is 70.5 cm³/mol. The maximum Gasteiger partial charge on any atom is 0.122 e. The first-order chi connectivity index (χ1) is 8.20. The van der Waals surface area contributed by atoms with Gasteiger partial charge >= 0.3 is 0 Å². The molecule has 90 valence electrons. The first-order valence-corrected chi connectivity index (χ1v) is 6.42. The van der Waals surface area contributed by atoms with Crippen molar-refractivity contribution >= 4 is 11.3 Å². The minimum atomic E-state index is -0.0723. The molecule has 0 saturated heterocycles. The number of thiazole rings is 1. The molecule has 17 heavy (non-hydrogen) atoms. The number of methoxy groups -OCH3 is 1. The number of nitrogens with two attached hydrogens (primary N) is 1. The molecule has 1 aromatic carbocycles. The Hall–Kier alpha value is -1.39. The monoisotopic (exact) mass is 248 g/mol. The van der Waals surface area contributed by atoms with E-state index in [4.69, 9.17) is 10.5 Å². The summed E-state index contributed by atoms with van der Waals surface area (Å²) in [6, 6.07) is 6.07. The zero-order valence-corrected chi connectivity index (χ0v) is 10.8. The van der Waals surface area contributed by atoms with Crippen LogP contribution in [0.25, 0.3) is 0 Å². The molecule has 0 aliphatic carbocycles. The molecule has 0 amide bonds. The molecule has 0 aliphatic rings. The first-order valence-electron chi connectivity index (χ1n) is 5.48. The van der Waals surface area contributed by atoms with Gasteiger partial charge in [0.25, 0.3) is 0 Å². The SMILES string of the molecule is COc1ccc(C)cc1CC(N)c1cscn1. The van der Waals surface area contributed by atoms with Crippen molar-refractivity contribution in [1.29, 1.82) is 0 Å². The summed E-state index contributed by atoms with van der Waals surface area (Å²) in [5, 5.41) is 1.99. The molecule has 2 N–H and O–H groups in total. The van der Waals surface area contributed by atoms with Gasteiger partial charge in [-0.15, -0.1) is 11.3 Å². The van der Waals surface area contributed by atoms with Crippen LogP contribution in [0.3, 0.4) is 0 Å².